The molecule has 0 spiro atoms. The van der Waals surface area contributed by atoms with E-state index in [0.29, 0.717) is 17.1 Å². The van der Waals surface area contributed by atoms with E-state index in [9.17, 15) is 14.4 Å². The highest BCUT2D eigenvalue weighted by Crippen LogP contribution is 2.28. The maximum absolute atomic E-state index is 12.1. The van der Waals surface area contributed by atoms with E-state index in [1.807, 2.05) is 0 Å². The van der Waals surface area contributed by atoms with E-state index in [1.165, 1.54) is 24.3 Å². The van der Waals surface area contributed by atoms with Gasteiger partial charge in [-0.05, 0) is 30.3 Å². The van der Waals surface area contributed by atoms with Crippen molar-refractivity contribution in [3.05, 3.63) is 65.0 Å². The number of benzene rings is 1. The van der Waals surface area contributed by atoms with Crippen LogP contribution in [0.25, 0.3) is 17.4 Å². The van der Waals surface area contributed by atoms with Gasteiger partial charge in [-0.1, -0.05) is 17.7 Å². The summed E-state index contributed by atoms with van der Waals surface area (Å²) in [4.78, 5) is 36.1. The average Bonchev–Trinajstić information content (AvgIpc) is 3.16. The van der Waals surface area contributed by atoms with Gasteiger partial charge in [-0.3, -0.25) is 9.69 Å². The number of carboxylic acids is 1. The predicted molar refractivity (Wildman–Crippen MR) is 94.5 cm³/mol. The zero-order valence-electron chi connectivity index (χ0n) is 13.4. The zero-order valence-corrected chi connectivity index (χ0v) is 14.1. The molecular formula is C18H13ClN2O5. The number of imide groups is 1. The number of carboxylic acid groups (broad SMARTS) is 1. The highest BCUT2D eigenvalue weighted by atomic mass is 35.5. The van der Waals surface area contributed by atoms with Gasteiger partial charge in [0.2, 0.25) is 0 Å². The summed E-state index contributed by atoms with van der Waals surface area (Å²) in [5.74, 6) is -0.897. The molecule has 2 aromatic rings. The Morgan fingerprint density at radius 1 is 1.31 bits per heavy atom. The zero-order chi connectivity index (χ0) is 18.8. The van der Waals surface area contributed by atoms with Crippen molar-refractivity contribution in [1.29, 1.82) is 0 Å². The molecular weight excluding hydrogens is 360 g/mol. The molecule has 2 heterocycles. The fourth-order valence-corrected chi connectivity index (χ4v) is 2.64. The second kappa shape index (κ2) is 6.89. The van der Waals surface area contributed by atoms with Crippen LogP contribution >= 0.6 is 11.6 Å². The lowest BCUT2D eigenvalue weighted by molar-refractivity contribution is -0.122. The SMILES string of the molecule is C=CCN1C(=O)N/C(=C\c2ccc(-c3ccc(Cl)c(C(=O)O)c3)o2)C1=O. The Balaban J connectivity index is 1.88. The van der Waals surface area contributed by atoms with Crippen molar-refractivity contribution in [2.75, 3.05) is 6.54 Å². The first kappa shape index (κ1) is 17.5. The Hall–Kier alpha value is -3.32. The maximum Gasteiger partial charge on any atom is 0.337 e. The summed E-state index contributed by atoms with van der Waals surface area (Å²) >= 11 is 5.86. The van der Waals surface area contributed by atoms with E-state index in [0.717, 1.165) is 4.90 Å². The lowest BCUT2D eigenvalue weighted by atomic mass is 10.1. The molecule has 3 rings (SSSR count). The normalized spacial score (nSPS) is 15.4. The van der Waals surface area contributed by atoms with Gasteiger partial charge in [0, 0.05) is 18.2 Å². The molecule has 1 fully saturated rings. The van der Waals surface area contributed by atoms with E-state index in [1.54, 1.807) is 18.2 Å². The fourth-order valence-electron chi connectivity index (χ4n) is 2.44. The van der Waals surface area contributed by atoms with Crippen molar-refractivity contribution >= 4 is 35.6 Å². The van der Waals surface area contributed by atoms with E-state index in [-0.39, 0.29) is 22.8 Å². The third-order valence-corrected chi connectivity index (χ3v) is 4.00. The molecule has 26 heavy (non-hydrogen) atoms. The Bertz CT molecular complexity index is 960. The second-order valence-corrected chi connectivity index (χ2v) is 5.80. The fraction of sp³-hybridized carbons (Fsp3) is 0.0556. The van der Waals surface area contributed by atoms with Crippen molar-refractivity contribution in [3.63, 3.8) is 0 Å². The van der Waals surface area contributed by atoms with Crippen LogP contribution in [-0.4, -0.2) is 34.5 Å². The molecule has 0 aliphatic carbocycles. The number of urea groups is 1. The van der Waals surface area contributed by atoms with Crippen molar-refractivity contribution in [2.24, 2.45) is 0 Å². The van der Waals surface area contributed by atoms with Crippen LogP contribution in [0.4, 0.5) is 4.79 Å². The monoisotopic (exact) mass is 372 g/mol. The van der Waals surface area contributed by atoms with Gasteiger partial charge in [0.05, 0.1) is 10.6 Å². The summed E-state index contributed by atoms with van der Waals surface area (Å²) in [6, 6.07) is 7.19. The Kier molecular flexibility index (Phi) is 4.64. The van der Waals surface area contributed by atoms with E-state index in [4.69, 9.17) is 21.1 Å². The second-order valence-electron chi connectivity index (χ2n) is 5.39. The number of hydrogen-bond donors (Lipinski definition) is 2. The molecule has 3 amide bonds. The molecule has 1 aromatic carbocycles. The molecule has 132 valence electrons. The first-order valence-corrected chi connectivity index (χ1v) is 7.87. The molecule has 0 saturated carbocycles. The number of carbonyl (C=O) groups excluding carboxylic acids is 2. The van der Waals surface area contributed by atoms with E-state index < -0.39 is 17.9 Å². The molecule has 2 N–H and O–H groups in total. The van der Waals surface area contributed by atoms with Crippen molar-refractivity contribution in [2.45, 2.75) is 0 Å². The molecule has 0 bridgehead atoms. The van der Waals surface area contributed by atoms with Crippen LogP contribution in [0.3, 0.4) is 0 Å². The van der Waals surface area contributed by atoms with Gasteiger partial charge in [-0.15, -0.1) is 6.58 Å². The third-order valence-electron chi connectivity index (χ3n) is 3.67. The van der Waals surface area contributed by atoms with Gasteiger partial charge in [-0.25, -0.2) is 9.59 Å². The quantitative estimate of drug-likeness (QED) is 0.476. The first-order chi connectivity index (χ1) is 12.4. The van der Waals surface area contributed by atoms with E-state index >= 15 is 0 Å². The number of aromatic carboxylic acids is 1. The van der Waals surface area contributed by atoms with Crippen LogP contribution in [0.2, 0.25) is 5.02 Å². The van der Waals surface area contributed by atoms with Crippen molar-refractivity contribution in [1.82, 2.24) is 10.2 Å². The minimum Gasteiger partial charge on any atom is -0.478 e. The number of carbonyl (C=O) groups is 3. The van der Waals surface area contributed by atoms with Gasteiger partial charge in [0.1, 0.15) is 17.2 Å². The molecule has 1 aromatic heterocycles. The number of amides is 3. The lowest BCUT2D eigenvalue weighted by Crippen LogP contribution is -2.30. The van der Waals surface area contributed by atoms with Crippen molar-refractivity contribution in [3.8, 4) is 11.3 Å². The average molecular weight is 373 g/mol. The number of rotatable bonds is 5. The molecule has 0 atom stereocenters. The number of hydrogen-bond acceptors (Lipinski definition) is 4. The summed E-state index contributed by atoms with van der Waals surface area (Å²) in [6.07, 6.45) is 2.85. The number of halogens is 1. The predicted octanol–water partition coefficient (Wildman–Crippen LogP) is 3.38. The Morgan fingerprint density at radius 2 is 2.08 bits per heavy atom. The maximum atomic E-state index is 12.1. The minimum atomic E-state index is -1.15. The highest BCUT2D eigenvalue weighted by Gasteiger charge is 2.32. The molecule has 1 aliphatic rings. The third kappa shape index (κ3) is 3.25. The summed E-state index contributed by atoms with van der Waals surface area (Å²) in [5.41, 5.74) is 0.561. The minimum absolute atomic E-state index is 0.0428. The smallest absolute Gasteiger partial charge is 0.337 e. The molecule has 0 radical (unpaired) electrons. The summed E-state index contributed by atoms with van der Waals surface area (Å²) in [5, 5.41) is 11.7. The number of nitrogens with one attached hydrogen (secondary N) is 1. The van der Waals surface area contributed by atoms with E-state index in [2.05, 4.69) is 11.9 Å². The van der Waals surface area contributed by atoms with Crippen LogP contribution < -0.4 is 5.32 Å². The van der Waals surface area contributed by atoms with Gasteiger partial charge >= 0.3 is 12.0 Å². The summed E-state index contributed by atoms with van der Waals surface area (Å²) in [6.45, 7) is 3.61. The lowest BCUT2D eigenvalue weighted by Gasteiger charge is -2.06. The Labute approximate surface area is 153 Å². The van der Waals surface area contributed by atoms with Gasteiger partial charge < -0.3 is 14.8 Å². The van der Waals surface area contributed by atoms with Gasteiger partial charge in [-0.2, -0.15) is 0 Å². The topological polar surface area (TPSA) is 99.8 Å². The molecule has 7 nitrogen and oxygen atoms in total. The van der Waals surface area contributed by atoms with Crippen LogP contribution in [0.5, 0.6) is 0 Å². The molecule has 0 unspecified atom stereocenters. The van der Waals surface area contributed by atoms with Crippen LogP contribution in [0.1, 0.15) is 16.1 Å². The number of nitrogens with zero attached hydrogens (tertiary/aromatic N) is 1. The molecule has 1 saturated heterocycles. The van der Waals surface area contributed by atoms with Gasteiger partial charge in [0.15, 0.2) is 0 Å². The standard InChI is InChI=1S/C18H13ClN2O5/c1-2-7-21-16(22)14(20-18(21)25)9-11-4-6-15(26-11)10-3-5-13(19)12(8-10)17(23)24/h2-6,8-9H,1,7H2,(H,20,25)(H,23,24)/b14-9-. The summed E-state index contributed by atoms with van der Waals surface area (Å²) < 4.78 is 5.63. The Morgan fingerprint density at radius 3 is 2.77 bits per heavy atom. The van der Waals surface area contributed by atoms with Crippen LogP contribution in [0, 0.1) is 0 Å². The van der Waals surface area contributed by atoms with Gasteiger partial charge in [0.25, 0.3) is 5.91 Å². The number of furan rings is 1. The van der Waals surface area contributed by atoms with Crippen LogP contribution in [0.15, 0.2) is 53.1 Å². The molecule has 8 heteroatoms. The summed E-state index contributed by atoms with van der Waals surface area (Å²) in [7, 11) is 0. The van der Waals surface area contributed by atoms with Crippen molar-refractivity contribution < 1.29 is 23.9 Å². The first-order valence-electron chi connectivity index (χ1n) is 7.49. The highest BCUT2D eigenvalue weighted by molar-refractivity contribution is 6.33. The largest absolute Gasteiger partial charge is 0.478 e. The molecule has 1 aliphatic heterocycles. The van der Waals surface area contributed by atoms with Crippen LogP contribution in [-0.2, 0) is 4.79 Å².